The molecule has 0 radical (unpaired) electrons. The molecule has 26 heavy (non-hydrogen) atoms. The number of fused-ring (bicyclic) bond motifs is 1. The zero-order chi connectivity index (χ0) is 17.8. The molecule has 0 bridgehead atoms. The summed E-state index contributed by atoms with van der Waals surface area (Å²) in [5.74, 6) is 0.303. The first-order valence-electron chi connectivity index (χ1n) is 7.88. The molecule has 0 unspecified atom stereocenters. The number of hydrogen-bond acceptors (Lipinski definition) is 6. The van der Waals surface area contributed by atoms with Crippen molar-refractivity contribution in [2.45, 2.75) is 0 Å². The number of tetrazole rings is 1. The Bertz CT molecular complexity index is 1040. The van der Waals surface area contributed by atoms with Gasteiger partial charge in [0.15, 0.2) is 6.61 Å². The van der Waals surface area contributed by atoms with Gasteiger partial charge in [-0.15, -0.1) is 5.10 Å². The molecule has 2 aromatic carbocycles. The predicted octanol–water partition coefficient (Wildman–Crippen LogP) is 2.23. The Hall–Kier alpha value is -3.81. The number of hydrogen-bond donors (Lipinski definition) is 1. The van der Waals surface area contributed by atoms with Gasteiger partial charge < -0.3 is 10.1 Å². The van der Waals surface area contributed by atoms with Gasteiger partial charge in [0.05, 0.1) is 5.69 Å². The highest BCUT2D eigenvalue weighted by Crippen LogP contribution is 2.22. The molecule has 0 saturated heterocycles. The summed E-state index contributed by atoms with van der Waals surface area (Å²) in [7, 11) is 0. The minimum absolute atomic E-state index is 0.111. The number of amides is 1. The van der Waals surface area contributed by atoms with Crippen LogP contribution in [0, 0.1) is 0 Å². The molecule has 0 aliphatic rings. The number of rotatable bonds is 5. The van der Waals surface area contributed by atoms with Crippen molar-refractivity contribution >= 4 is 22.4 Å². The molecule has 1 amide bonds. The minimum atomic E-state index is -0.248. The predicted molar refractivity (Wildman–Crippen MR) is 95.0 cm³/mol. The molecule has 0 spiro atoms. The Balaban J connectivity index is 1.43. The number of carbonyl (C=O) groups is 1. The standard InChI is InChI=1S/C18H14N6O2/c25-18(21-17-6-1-3-13-10-19-8-7-16(13)17)11-26-15-5-2-4-14(9-15)24-12-20-22-23-24/h1-10,12H,11H2,(H,21,25). The second-order valence-corrected chi connectivity index (χ2v) is 5.49. The molecule has 8 nitrogen and oxygen atoms in total. The largest absolute Gasteiger partial charge is 0.484 e. The third-order valence-corrected chi connectivity index (χ3v) is 3.76. The van der Waals surface area contributed by atoms with Gasteiger partial charge in [-0.2, -0.15) is 0 Å². The lowest BCUT2D eigenvalue weighted by atomic mass is 10.1. The van der Waals surface area contributed by atoms with Gasteiger partial charge in [0.25, 0.3) is 5.91 Å². The fourth-order valence-corrected chi connectivity index (χ4v) is 2.56. The van der Waals surface area contributed by atoms with Crippen LogP contribution in [0.4, 0.5) is 5.69 Å². The van der Waals surface area contributed by atoms with E-state index in [4.69, 9.17) is 4.74 Å². The molecule has 4 aromatic rings. The fraction of sp³-hybridized carbons (Fsp3) is 0.0556. The van der Waals surface area contributed by atoms with Crippen LogP contribution in [-0.4, -0.2) is 37.7 Å². The fourth-order valence-electron chi connectivity index (χ4n) is 2.56. The van der Waals surface area contributed by atoms with E-state index in [1.54, 1.807) is 24.5 Å². The van der Waals surface area contributed by atoms with Crippen LogP contribution < -0.4 is 10.1 Å². The van der Waals surface area contributed by atoms with Gasteiger partial charge in [-0.05, 0) is 34.7 Å². The topological polar surface area (TPSA) is 94.8 Å². The van der Waals surface area contributed by atoms with Crippen LogP contribution in [0.2, 0.25) is 0 Å². The lowest BCUT2D eigenvalue weighted by Gasteiger charge is -2.10. The number of nitrogens with zero attached hydrogens (tertiary/aromatic N) is 5. The van der Waals surface area contributed by atoms with Crippen LogP contribution >= 0.6 is 0 Å². The third-order valence-electron chi connectivity index (χ3n) is 3.76. The number of anilines is 1. The number of carbonyl (C=O) groups excluding carboxylic acids is 1. The molecular formula is C18H14N6O2. The average molecular weight is 346 g/mol. The van der Waals surface area contributed by atoms with Crippen molar-refractivity contribution in [1.29, 1.82) is 0 Å². The van der Waals surface area contributed by atoms with Crippen LogP contribution in [0.5, 0.6) is 5.75 Å². The van der Waals surface area contributed by atoms with E-state index in [0.717, 1.165) is 22.1 Å². The molecule has 0 aliphatic heterocycles. The van der Waals surface area contributed by atoms with E-state index in [9.17, 15) is 4.79 Å². The Morgan fingerprint density at radius 1 is 1.15 bits per heavy atom. The van der Waals surface area contributed by atoms with Crippen molar-refractivity contribution in [3.63, 3.8) is 0 Å². The second kappa shape index (κ2) is 6.98. The number of benzene rings is 2. The van der Waals surface area contributed by atoms with E-state index >= 15 is 0 Å². The lowest BCUT2D eigenvalue weighted by molar-refractivity contribution is -0.118. The first-order valence-corrected chi connectivity index (χ1v) is 7.88. The first-order chi connectivity index (χ1) is 12.8. The van der Waals surface area contributed by atoms with Gasteiger partial charge in [0.2, 0.25) is 0 Å². The maximum absolute atomic E-state index is 12.3. The SMILES string of the molecule is O=C(COc1cccc(-n2cnnn2)c1)Nc1cccc2cnccc12. The van der Waals surface area contributed by atoms with Crippen molar-refractivity contribution < 1.29 is 9.53 Å². The Morgan fingerprint density at radius 3 is 2.96 bits per heavy atom. The molecule has 4 rings (SSSR count). The Morgan fingerprint density at radius 2 is 2.08 bits per heavy atom. The summed E-state index contributed by atoms with van der Waals surface area (Å²) in [6, 6.07) is 14.7. The van der Waals surface area contributed by atoms with Gasteiger partial charge >= 0.3 is 0 Å². The van der Waals surface area contributed by atoms with E-state index in [-0.39, 0.29) is 12.5 Å². The summed E-state index contributed by atoms with van der Waals surface area (Å²) < 4.78 is 7.10. The molecule has 1 N–H and O–H groups in total. The average Bonchev–Trinajstić information content (AvgIpc) is 3.22. The summed E-state index contributed by atoms with van der Waals surface area (Å²) in [6.07, 6.45) is 4.94. The molecule has 128 valence electrons. The van der Waals surface area contributed by atoms with Crippen LogP contribution in [0.15, 0.2) is 67.3 Å². The van der Waals surface area contributed by atoms with E-state index < -0.39 is 0 Å². The molecule has 2 aromatic heterocycles. The van der Waals surface area contributed by atoms with Crippen molar-refractivity contribution in [2.75, 3.05) is 11.9 Å². The van der Waals surface area contributed by atoms with Gasteiger partial charge in [0, 0.05) is 34.9 Å². The number of aromatic nitrogens is 5. The summed E-state index contributed by atoms with van der Waals surface area (Å²) in [4.78, 5) is 16.3. The number of nitrogens with one attached hydrogen (secondary N) is 1. The van der Waals surface area contributed by atoms with Gasteiger partial charge in [-0.3, -0.25) is 9.78 Å². The van der Waals surface area contributed by atoms with Crippen molar-refractivity contribution in [3.8, 4) is 11.4 Å². The summed E-state index contributed by atoms with van der Waals surface area (Å²) in [5.41, 5.74) is 1.47. The molecule has 2 heterocycles. The molecule has 0 fully saturated rings. The first kappa shape index (κ1) is 15.7. The highest BCUT2D eigenvalue weighted by atomic mass is 16.5. The molecule has 8 heteroatoms. The van der Waals surface area contributed by atoms with Crippen molar-refractivity contribution in [3.05, 3.63) is 67.3 Å². The van der Waals surface area contributed by atoms with Gasteiger partial charge in [0.1, 0.15) is 12.1 Å². The van der Waals surface area contributed by atoms with Crippen LogP contribution in [-0.2, 0) is 4.79 Å². The summed E-state index contributed by atoms with van der Waals surface area (Å²) >= 11 is 0. The number of pyridine rings is 1. The normalized spacial score (nSPS) is 10.6. The highest BCUT2D eigenvalue weighted by Gasteiger charge is 2.07. The quantitative estimate of drug-likeness (QED) is 0.595. The maximum Gasteiger partial charge on any atom is 0.262 e. The lowest BCUT2D eigenvalue weighted by Crippen LogP contribution is -2.20. The van der Waals surface area contributed by atoms with E-state index in [0.29, 0.717) is 5.75 Å². The highest BCUT2D eigenvalue weighted by molar-refractivity contribution is 6.02. The van der Waals surface area contributed by atoms with Crippen molar-refractivity contribution in [1.82, 2.24) is 25.2 Å². The van der Waals surface area contributed by atoms with Crippen LogP contribution in [0.3, 0.4) is 0 Å². The number of ether oxygens (including phenoxy) is 1. The van der Waals surface area contributed by atoms with Gasteiger partial charge in [-0.25, -0.2) is 4.68 Å². The smallest absolute Gasteiger partial charge is 0.262 e. The van der Waals surface area contributed by atoms with E-state index in [2.05, 4.69) is 25.8 Å². The third kappa shape index (κ3) is 3.34. The maximum atomic E-state index is 12.3. The minimum Gasteiger partial charge on any atom is -0.484 e. The van der Waals surface area contributed by atoms with E-state index in [1.807, 2.05) is 36.4 Å². The molecule has 0 saturated carbocycles. The van der Waals surface area contributed by atoms with Crippen LogP contribution in [0.25, 0.3) is 16.5 Å². The van der Waals surface area contributed by atoms with E-state index in [1.165, 1.54) is 11.0 Å². The zero-order valence-electron chi connectivity index (χ0n) is 13.6. The Labute approximate surface area is 148 Å². The van der Waals surface area contributed by atoms with Crippen LogP contribution in [0.1, 0.15) is 0 Å². The molecule has 0 aliphatic carbocycles. The van der Waals surface area contributed by atoms with Crippen molar-refractivity contribution in [2.24, 2.45) is 0 Å². The summed E-state index contributed by atoms with van der Waals surface area (Å²) in [5, 5.41) is 15.8. The van der Waals surface area contributed by atoms with Gasteiger partial charge in [-0.1, -0.05) is 18.2 Å². The zero-order valence-corrected chi connectivity index (χ0v) is 13.6. The summed E-state index contributed by atoms with van der Waals surface area (Å²) in [6.45, 7) is -0.111. The Kier molecular flexibility index (Phi) is 4.21. The molecular weight excluding hydrogens is 332 g/mol. The second-order valence-electron chi connectivity index (χ2n) is 5.49. The monoisotopic (exact) mass is 346 g/mol. The molecule has 0 atom stereocenters.